The van der Waals surface area contributed by atoms with Crippen LogP contribution in [0.4, 0.5) is 0 Å². The molecule has 0 aromatic heterocycles. The molecule has 0 bridgehead atoms. The summed E-state index contributed by atoms with van der Waals surface area (Å²) in [5.74, 6) is 1.58. The van der Waals surface area contributed by atoms with Gasteiger partial charge in [-0.15, -0.1) is 0 Å². The van der Waals surface area contributed by atoms with Crippen molar-refractivity contribution in [2.24, 2.45) is 28.6 Å². The highest BCUT2D eigenvalue weighted by Crippen LogP contribution is 2.63. The van der Waals surface area contributed by atoms with Crippen molar-refractivity contribution in [3.05, 3.63) is 36.0 Å². The molecule has 0 saturated heterocycles. The fourth-order valence-corrected chi connectivity index (χ4v) is 5.95. The van der Waals surface area contributed by atoms with Crippen LogP contribution in [-0.4, -0.2) is 16.5 Å². The Morgan fingerprint density at radius 1 is 1.19 bits per heavy atom. The highest BCUT2D eigenvalue weighted by Gasteiger charge is 2.58. The topological polar surface area (TPSA) is 40.5 Å². The molecule has 5 atom stereocenters. The van der Waals surface area contributed by atoms with Crippen molar-refractivity contribution in [2.45, 2.75) is 51.7 Å². The minimum atomic E-state index is -1.15. The zero-order valence-corrected chi connectivity index (χ0v) is 12.8. The third-order valence-corrected chi connectivity index (χ3v) is 7.09. The van der Waals surface area contributed by atoms with E-state index in [1.807, 2.05) is 0 Å². The van der Waals surface area contributed by atoms with Gasteiger partial charge < -0.3 is 10.2 Å². The van der Waals surface area contributed by atoms with Crippen LogP contribution in [0.1, 0.15) is 45.4 Å². The first kappa shape index (κ1) is 13.8. The van der Waals surface area contributed by atoms with Crippen LogP contribution in [-0.2, 0) is 0 Å². The number of fused-ring (bicyclic) bond motifs is 5. The molecule has 4 rings (SSSR count). The Morgan fingerprint density at radius 3 is 2.86 bits per heavy atom. The number of allylic oxidation sites excluding steroid dienone is 6. The maximum atomic E-state index is 10.0. The van der Waals surface area contributed by atoms with Gasteiger partial charge in [0.05, 0.1) is 0 Å². The number of rotatable bonds is 1. The molecule has 4 aliphatic carbocycles. The summed E-state index contributed by atoms with van der Waals surface area (Å²) in [6, 6.07) is 0. The lowest BCUT2D eigenvalue weighted by Gasteiger charge is -2.55. The summed E-state index contributed by atoms with van der Waals surface area (Å²) < 4.78 is 0. The van der Waals surface area contributed by atoms with Gasteiger partial charge in [-0.25, -0.2) is 0 Å². The Kier molecular flexibility index (Phi) is 3.00. The molecule has 0 heterocycles. The second-order valence-corrected chi connectivity index (χ2v) is 7.77. The zero-order valence-electron chi connectivity index (χ0n) is 12.8. The quantitative estimate of drug-likeness (QED) is 0.571. The van der Waals surface area contributed by atoms with Crippen LogP contribution >= 0.6 is 0 Å². The number of aliphatic hydroxyl groups excluding tert-OH is 1. The van der Waals surface area contributed by atoms with E-state index in [0.717, 1.165) is 38.5 Å². The molecule has 4 aliphatic rings. The molecule has 0 radical (unpaired) electrons. The largest absolute Gasteiger partial charge is 0.368 e. The van der Waals surface area contributed by atoms with Gasteiger partial charge in [-0.2, -0.15) is 0 Å². The molecule has 0 amide bonds. The average molecular weight is 286 g/mol. The van der Waals surface area contributed by atoms with E-state index in [1.54, 1.807) is 0 Å². The molecule has 0 spiro atoms. The molecular weight excluding hydrogens is 260 g/mol. The van der Waals surface area contributed by atoms with Crippen molar-refractivity contribution in [3.63, 3.8) is 0 Å². The molecule has 0 aromatic carbocycles. The predicted octanol–water partition coefficient (Wildman–Crippen LogP) is 3.57. The average Bonchev–Trinajstić information content (AvgIpc) is 2.92. The van der Waals surface area contributed by atoms with E-state index >= 15 is 0 Å². The highest BCUT2D eigenvalue weighted by molar-refractivity contribution is 5.40. The van der Waals surface area contributed by atoms with Crippen molar-refractivity contribution < 1.29 is 10.2 Å². The van der Waals surface area contributed by atoms with Crippen molar-refractivity contribution in [1.82, 2.24) is 0 Å². The van der Waals surface area contributed by atoms with Gasteiger partial charge >= 0.3 is 0 Å². The summed E-state index contributed by atoms with van der Waals surface area (Å²) in [6.45, 7) is 2.38. The molecule has 2 fully saturated rings. The summed E-state index contributed by atoms with van der Waals surface area (Å²) in [7, 11) is 0. The summed E-state index contributed by atoms with van der Waals surface area (Å²) in [6.07, 6.45) is 17.1. The first-order chi connectivity index (χ1) is 10.1. The molecule has 0 aromatic rings. The van der Waals surface area contributed by atoms with Gasteiger partial charge in [-0.3, -0.25) is 0 Å². The Hall–Kier alpha value is -0.860. The fourth-order valence-electron chi connectivity index (χ4n) is 5.95. The lowest BCUT2D eigenvalue weighted by molar-refractivity contribution is -0.178. The van der Waals surface area contributed by atoms with E-state index < -0.39 is 6.29 Å². The standard InChI is InChI=1S/C19H26O2/c1-18-10-3-2-5-13(18)7-8-14-15(18)9-12-19(17(20)21)11-4-6-16(14)19/h3,5,7-8,10,14-17,20-21H,2,4,6,9,11-12H2,1H3/t14-,15+,16+,18+,19-/m1/s1. The van der Waals surface area contributed by atoms with E-state index in [4.69, 9.17) is 0 Å². The van der Waals surface area contributed by atoms with Gasteiger partial charge in [0.2, 0.25) is 0 Å². The number of aliphatic hydroxyl groups is 2. The summed E-state index contributed by atoms with van der Waals surface area (Å²) in [5, 5.41) is 20.1. The van der Waals surface area contributed by atoms with E-state index in [-0.39, 0.29) is 10.8 Å². The van der Waals surface area contributed by atoms with Crippen molar-refractivity contribution in [1.29, 1.82) is 0 Å². The van der Waals surface area contributed by atoms with Gasteiger partial charge in [0.25, 0.3) is 0 Å². The van der Waals surface area contributed by atoms with Crippen LogP contribution in [0.2, 0.25) is 0 Å². The summed E-state index contributed by atoms with van der Waals surface area (Å²) in [5.41, 5.74) is 1.40. The second-order valence-electron chi connectivity index (χ2n) is 7.77. The third-order valence-electron chi connectivity index (χ3n) is 7.09. The second kappa shape index (κ2) is 4.57. The van der Waals surface area contributed by atoms with E-state index in [1.165, 1.54) is 5.57 Å². The summed E-state index contributed by atoms with van der Waals surface area (Å²) >= 11 is 0. The lowest BCUT2D eigenvalue weighted by Crippen LogP contribution is -2.51. The molecule has 2 saturated carbocycles. The minimum absolute atomic E-state index is 0.160. The first-order valence-corrected chi connectivity index (χ1v) is 8.51. The Labute approximate surface area is 127 Å². The van der Waals surface area contributed by atoms with Crippen molar-refractivity contribution in [3.8, 4) is 0 Å². The van der Waals surface area contributed by atoms with Crippen molar-refractivity contribution >= 4 is 0 Å². The monoisotopic (exact) mass is 286 g/mol. The van der Waals surface area contributed by atoms with Gasteiger partial charge in [-0.1, -0.05) is 43.7 Å². The van der Waals surface area contributed by atoms with Crippen LogP contribution in [0.5, 0.6) is 0 Å². The molecule has 2 heteroatoms. The maximum Gasteiger partial charge on any atom is 0.157 e. The smallest absolute Gasteiger partial charge is 0.157 e. The van der Waals surface area contributed by atoms with Crippen LogP contribution in [0.3, 0.4) is 0 Å². The van der Waals surface area contributed by atoms with Gasteiger partial charge in [-0.05, 0) is 55.4 Å². The number of hydrogen-bond donors (Lipinski definition) is 2. The fraction of sp³-hybridized carbons (Fsp3) is 0.684. The highest BCUT2D eigenvalue weighted by atomic mass is 16.5. The van der Waals surface area contributed by atoms with Crippen molar-refractivity contribution in [2.75, 3.05) is 0 Å². The molecule has 0 unspecified atom stereocenters. The molecule has 0 aliphatic heterocycles. The SMILES string of the molecule is C[C@]12C=CCC=C1C=C[C@H]1[C@@H]3CCC[C@@]3(C(O)O)CC[C@@H]12. The van der Waals surface area contributed by atoms with Gasteiger partial charge in [0.15, 0.2) is 6.29 Å². The summed E-state index contributed by atoms with van der Waals surface area (Å²) in [4.78, 5) is 0. The number of hydrogen-bond acceptors (Lipinski definition) is 2. The van der Waals surface area contributed by atoms with Gasteiger partial charge in [0.1, 0.15) is 0 Å². The van der Waals surface area contributed by atoms with Crippen LogP contribution in [0.25, 0.3) is 0 Å². The minimum Gasteiger partial charge on any atom is -0.368 e. The van der Waals surface area contributed by atoms with E-state index in [2.05, 4.69) is 37.3 Å². The third kappa shape index (κ3) is 1.72. The van der Waals surface area contributed by atoms with Crippen LogP contribution in [0.15, 0.2) is 36.0 Å². The Bertz CT molecular complexity index is 530. The van der Waals surface area contributed by atoms with E-state index in [9.17, 15) is 10.2 Å². The lowest BCUT2D eigenvalue weighted by atomic mass is 9.50. The molecular formula is C19H26O2. The Morgan fingerprint density at radius 2 is 2.05 bits per heavy atom. The maximum absolute atomic E-state index is 10.0. The molecule has 114 valence electrons. The predicted molar refractivity (Wildman–Crippen MR) is 83.3 cm³/mol. The normalized spacial score (nSPS) is 47.8. The zero-order chi connectivity index (χ0) is 14.7. The van der Waals surface area contributed by atoms with Crippen LogP contribution in [0, 0.1) is 28.6 Å². The molecule has 2 N–H and O–H groups in total. The van der Waals surface area contributed by atoms with Gasteiger partial charge in [0, 0.05) is 10.8 Å². The molecule has 2 nitrogen and oxygen atoms in total. The first-order valence-electron chi connectivity index (χ1n) is 8.51. The Balaban J connectivity index is 1.75. The van der Waals surface area contributed by atoms with Crippen LogP contribution < -0.4 is 0 Å². The van der Waals surface area contributed by atoms with E-state index in [0.29, 0.717) is 17.8 Å². The molecule has 21 heavy (non-hydrogen) atoms.